The van der Waals surface area contributed by atoms with Gasteiger partial charge in [-0.1, -0.05) is 66.1 Å². The summed E-state index contributed by atoms with van der Waals surface area (Å²) in [5.41, 5.74) is 5.83. The Balaban J connectivity index is 0.00000378. The van der Waals surface area contributed by atoms with Crippen LogP contribution in [0.3, 0.4) is 0 Å². The molecule has 6 nitrogen and oxygen atoms in total. The number of aryl methyl sites for hydroxylation is 1. The standard InChI is InChI=1S/C37H26N5O.Pt/c1-25-20-36(39-23-31(25)26-10-4-3-5-11-26)42-32-13-7-6-12-29(32)30-17-16-28(22-35(30)42)43-37-21-27(18-19-38-37)41-24-40(2)33-14-8-9-15-34(33)41;/h3-20,23-24H,1-2H3;/q-3;/i3D,4D,5D,10D,11D;. The Morgan fingerprint density at radius 3 is 2.50 bits per heavy atom. The van der Waals surface area contributed by atoms with E-state index >= 15 is 0 Å². The minimum Gasteiger partial charge on any atom is -0.504 e. The van der Waals surface area contributed by atoms with E-state index in [0.717, 1.165) is 38.9 Å². The van der Waals surface area contributed by atoms with Crippen molar-refractivity contribution in [2.24, 2.45) is 0 Å². The first kappa shape index (κ1) is 22.6. The van der Waals surface area contributed by atoms with Crippen LogP contribution in [-0.2, 0) is 21.1 Å². The van der Waals surface area contributed by atoms with Crippen LogP contribution in [0.2, 0.25) is 0 Å². The van der Waals surface area contributed by atoms with Gasteiger partial charge in [0.25, 0.3) is 0 Å². The van der Waals surface area contributed by atoms with E-state index in [1.165, 1.54) is 0 Å². The maximum atomic E-state index is 8.46. The van der Waals surface area contributed by atoms with Crippen molar-refractivity contribution in [2.75, 3.05) is 16.8 Å². The maximum Gasteiger partial charge on any atom is 0.135 e. The Kier molecular flexibility index (Phi) is 5.79. The van der Waals surface area contributed by atoms with Gasteiger partial charge in [0.2, 0.25) is 0 Å². The number of rotatable bonds is 5. The fourth-order valence-electron chi connectivity index (χ4n) is 5.59. The molecule has 4 aromatic carbocycles. The van der Waals surface area contributed by atoms with Crippen molar-refractivity contribution in [1.82, 2.24) is 14.5 Å². The fourth-order valence-corrected chi connectivity index (χ4v) is 5.59. The molecular formula is C37H26N5OPt-3. The zero-order chi connectivity index (χ0) is 33.3. The van der Waals surface area contributed by atoms with Crippen molar-refractivity contribution in [2.45, 2.75) is 6.92 Å². The Hall–Kier alpha value is -4.93. The van der Waals surface area contributed by atoms with E-state index in [-0.39, 0.29) is 50.8 Å². The monoisotopic (exact) mass is 756 g/mol. The van der Waals surface area contributed by atoms with Gasteiger partial charge in [0.1, 0.15) is 11.7 Å². The molecule has 0 spiro atoms. The molecule has 1 aliphatic heterocycles. The van der Waals surface area contributed by atoms with E-state index < -0.39 is 6.04 Å². The average molecular weight is 757 g/mol. The third-order valence-corrected chi connectivity index (χ3v) is 7.59. The second-order valence-electron chi connectivity index (χ2n) is 10.2. The molecule has 218 valence electrons. The smallest absolute Gasteiger partial charge is 0.135 e. The van der Waals surface area contributed by atoms with E-state index in [4.69, 9.17) is 16.6 Å². The second-order valence-corrected chi connectivity index (χ2v) is 10.2. The molecule has 7 aromatic rings. The first-order chi connectivity index (χ1) is 23.2. The zero-order valence-corrected chi connectivity index (χ0v) is 25.9. The van der Waals surface area contributed by atoms with Crippen LogP contribution in [-0.4, -0.2) is 21.6 Å². The molecule has 4 heterocycles. The van der Waals surface area contributed by atoms with Crippen molar-refractivity contribution in [3.05, 3.63) is 140 Å². The largest absolute Gasteiger partial charge is 0.504 e. The Bertz CT molecular complexity index is 2410. The van der Waals surface area contributed by atoms with Crippen LogP contribution in [0.15, 0.2) is 115 Å². The molecule has 7 heteroatoms. The first-order valence-corrected chi connectivity index (χ1v) is 13.7. The number of nitrogens with zero attached hydrogens (tertiary/aromatic N) is 5. The minimum atomic E-state index is -0.429. The maximum absolute atomic E-state index is 8.46. The third-order valence-electron chi connectivity index (χ3n) is 7.59. The van der Waals surface area contributed by atoms with Crippen LogP contribution >= 0.6 is 0 Å². The number of anilines is 3. The third kappa shape index (κ3) is 4.72. The van der Waals surface area contributed by atoms with Crippen LogP contribution in [0.4, 0.5) is 17.1 Å². The van der Waals surface area contributed by atoms with Gasteiger partial charge in [0.05, 0.1) is 6.85 Å². The average Bonchev–Trinajstić information content (AvgIpc) is 3.61. The van der Waals surface area contributed by atoms with E-state index in [9.17, 15) is 0 Å². The van der Waals surface area contributed by atoms with Crippen molar-refractivity contribution in [3.8, 4) is 28.6 Å². The SMILES string of the molecule is [2H]c1c([2H])c([2H])c(-c2cnc(-n3c4[c-]c(Oc5[c-]c(N6[CH-]N(C)c7ccccc76)ccn5)ccc4c4ccccc43)cc2C)c([2H])c1[2H].[Pt]. The molecule has 3 aromatic heterocycles. The molecule has 0 amide bonds. The minimum absolute atomic E-state index is 0. The summed E-state index contributed by atoms with van der Waals surface area (Å²) in [6.07, 6.45) is 3.25. The summed E-state index contributed by atoms with van der Waals surface area (Å²) >= 11 is 0. The number of pyridine rings is 2. The number of hydrogen-bond donors (Lipinski definition) is 0. The molecule has 0 N–H and O–H groups in total. The predicted octanol–water partition coefficient (Wildman–Crippen LogP) is 8.65. The molecule has 0 unspecified atom stereocenters. The van der Waals surface area contributed by atoms with Gasteiger partial charge in [-0.2, -0.15) is 30.6 Å². The molecule has 0 radical (unpaired) electrons. The van der Waals surface area contributed by atoms with Crippen LogP contribution in [0.5, 0.6) is 11.6 Å². The Morgan fingerprint density at radius 2 is 1.66 bits per heavy atom. The summed E-state index contributed by atoms with van der Waals surface area (Å²) in [7, 11) is 2.00. The van der Waals surface area contributed by atoms with E-state index in [1.54, 1.807) is 12.4 Å². The van der Waals surface area contributed by atoms with Gasteiger partial charge in [-0.15, -0.1) is 17.5 Å². The van der Waals surface area contributed by atoms with Gasteiger partial charge in [-0.05, 0) is 60.9 Å². The van der Waals surface area contributed by atoms with E-state index in [2.05, 4.69) is 34.1 Å². The summed E-state index contributed by atoms with van der Waals surface area (Å²) in [6.45, 7) is 3.84. The van der Waals surface area contributed by atoms with Gasteiger partial charge in [0, 0.05) is 55.5 Å². The zero-order valence-electron chi connectivity index (χ0n) is 28.6. The normalized spacial score (nSPS) is 14.0. The molecule has 0 saturated heterocycles. The Morgan fingerprint density at radius 1 is 0.864 bits per heavy atom. The summed E-state index contributed by atoms with van der Waals surface area (Å²) < 4.78 is 49.4. The number of aromatic nitrogens is 3. The number of benzene rings is 4. The van der Waals surface area contributed by atoms with Crippen molar-refractivity contribution in [3.63, 3.8) is 0 Å². The van der Waals surface area contributed by atoms with Gasteiger partial charge in [-0.25, -0.2) is 4.98 Å². The van der Waals surface area contributed by atoms with Crippen molar-refractivity contribution in [1.29, 1.82) is 0 Å². The molecule has 0 bridgehead atoms. The van der Waals surface area contributed by atoms with Crippen LogP contribution < -0.4 is 14.5 Å². The molecular weight excluding hydrogens is 726 g/mol. The number of para-hydroxylation sites is 3. The van der Waals surface area contributed by atoms with Gasteiger partial charge >= 0.3 is 0 Å². The van der Waals surface area contributed by atoms with Gasteiger partial charge in [0.15, 0.2) is 0 Å². The summed E-state index contributed by atoms with van der Waals surface area (Å²) in [4.78, 5) is 13.3. The van der Waals surface area contributed by atoms with E-state index in [1.807, 2.05) is 90.8 Å². The number of ether oxygens (including phenoxy) is 1. The van der Waals surface area contributed by atoms with Crippen molar-refractivity contribution < 1.29 is 32.7 Å². The van der Waals surface area contributed by atoms with Crippen LogP contribution in [0, 0.1) is 25.7 Å². The topological polar surface area (TPSA) is 46.4 Å². The number of hydrogen-bond acceptors (Lipinski definition) is 5. The fraction of sp³-hybridized carbons (Fsp3) is 0.0541. The van der Waals surface area contributed by atoms with Crippen molar-refractivity contribution >= 4 is 38.9 Å². The predicted molar refractivity (Wildman–Crippen MR) is 172 cm³/mol. The molecule has 44 heavy (non-hydrogen) atoms. The quantitative estimate of drug-likeness (QED) is 0.165. The van der Waals surface area contributed by atoms with Crippen LogP contribution in [0.1, 0.15) is 12.4 Å². The Labute approximate surface area is 277 Å². The molecule has 0 saturated carbocycles. The van der Waals surface area contributed by atoms with Crippen LogP contribution in [0.25, 0.3) is 38.8 Å². The molecule has 0 atom stereocenters. The number of fused-ring (bicyclic) bond motifs is 4. The summed E-state index contributed by atoms with van der Waals surface area (Å²) in [5.74, 6) is 1.33. The molecule has 1 aliphatic rings. The first-order valence-electron chi connectivity index (χ1n) is 16.2. The molecule has 8 rings (SSSR count). The van der Waals surface area contributed by atoms with Gasteiger partial charge < -0.3 is 19.1 Å². The molecule has 0 fully saturated rings. The van der Waals surface area contributed by atoms with Gasteiger partial charge in [-0.3, -0.25) is 4.98 Å². The second kappa shape index (κ2) is 11.3. The van der Waals surface area contributed by atoms with E-state index in [0.29, 0.717) is 28.6 Å². The molecule has 0 aliphatic carbocycles. The summed E-state index contributed by atoms with van der Waals surface area (Å²) in [5, 5.41) is 1.95. The summed E-state index contributed by atoms with van der Waals surface area (Å²) in [6, 6.07) is 28.7.